The monoisotopic (exact) mass is 340 g/mol. The van der Waals surface area contributed by atoms with Gasteiger partial charge in [-0.15, -0.1) is 11.3 Å². The van der Waals surface area contributed by atoms with E-state index >= 15 is 0 Å². The van der Waals surface area contributed by atoms with Crippen molar-refractivity contribution >= 4 is 45.8 Å². The van der Waals surface area contributed by atoms with E-state index in [-0.39, 0.29) is 12.1 Å². The molecule has 1 atom stereocenters. The van der Waals surface area contributed by atoms with Gasteiger partial charge < -0.3 is 4.90 Å². The number of carbonyl (C=O) groups is 1. The fourth-order valence-corrected chi connectivity index (χ4v) is 4.59. The fourth-order valence-electron chi connectivity index (χ4n) is 2.45. The number of anilines is 1. The zero-order chi connectivity index (χ0) is 14.8. The van der Waals surface area contributed by atoms with E-state index in [9.17, 15) is 4.79 Å². The van der Waals surface area contributed by atoms with E-state index < -0.39 is 0 Å². The number of likely N-dealkylation sites (tertiary alicyclic amines) is 1. The van der Waals surface area contributed by atoms with Gasteiger partial charge in [-0.2, -0.15) is 9.36 Å². The average molecular weight is 340 g/mol. The maximum Gasteiger partial charge on any atom is 0.324 e. The van der Waals surface area contributed by atoms with Gasteiger partial charge in [0, 0.05) is 27.8 Å². The van der Waals surface area contributed by atoms with Crippen LogP contribution in [0.3, 0.4) is 0 Å². The summed E-state index contributed by atoms with van der Waals surface area (Å²) in [6.07, 6.45) is 3.99. The van der Waals surface area contributed by atoms with Crippen LogP contribution < -0.4 is 5.32 Å². The van der Waals surface area contributed by atoms with Crippen LogP contribution in [0.25, 0.3) is 0 Å². The van der Waals surface area contributed by atoms with Gasteiger partial charge in [0.25, 0.3) is 0 Å². The Balaban J connectivity index is 1.71. The Bertz CT molecular complexity index is 639. The number of urea groups is 1. The highest BCUT2D eigenvalue weighted by Gasteiger charge is 2.31. The van der Waals surface area contributed by atoms with Crippen molar-refractivity contribution in [3.8, 4) is 0 Å². The minimum atomic E-state index is -0.0765. The Morgan fingerprint density at radius 2 is 2.38 bits per heavy atom. The third-order valence-electron chi connectivity index (χ3n) is 3.41. The number of hydrogen-bond acceptors (Lipinski definition) is 6. The molecule has 1 fully saturated rings. The average Bonchev–Trinajstić information content (AvgIpc) is 3.17. The molecule has 5 nitrogen and oxygen atoms in total. The van der Waals surface area contributed by atoms with Crippen LogP contribution >= 0.6 is 34.6 Å². The maximum absolute atomic E-state index is 12.5. The van der Waals surface area contributed by atoms with Crippen LogP contribution in [0.5, 0.6) is 0 Å². The lowest BCUT2D eigenvalue weighted by Gasteiger charge is -2.23. The maximum atomic E-state index is 12.5. The Morgan fingerprint density at radius 1 is 1.52 bits per heavy atom. The summed E-state index contributed by atoms with van der Waals surface area (Å²) in [4.78, 5) is 21.2. The van der Waals surface area contributed by atoms with E-state index in [1.807, 2.05) is 11.2 Å². The Morgan fingerprint density at radius 3 is 3.05 bits per heavy atom. The van der Waals surface area contributed by atoms with Gasteiger partial charge in [-0.25, -0.2) is 4.79 Å². The van der Waals surface area contributed by atoms with Crippen molar-refractivity contribution < 1.29 is 4.79 Å². The van der Waals surface area contributed by atoms with Crippen molar-refractivity contribution in [2.75, 3.05) is 18.1 Å². The van der Waals surface area contributed by atoms with Gasteiger partial charge in [0.15, 0.2) is 0 Å². The number of nitrogens with zero attached hydrogens (tertiary/aromatic N) is 3. The molecule has 0 aromatic carbocycles. The molecular weight excluding hydrogens is 324 g/mol. The molecule has 8 heteroatoms. The number of rotatable bonds is 3. The number of amides is 2. The Labute approximate surface area is 135 Å². The molecule has 112 valence electrons. The van der Waals surface area contributed by atoms with Crippen LogP contribution in [0, 0.1) is 6.92 Å². The van der Waals surface area contributed by atoms with E-state index in [0.717, 1.165) is 19.4 Å². The van der Waals surface area contributed by atoms with Gasteiger partial charge in [0.2, 0.25) is 10.3 Å². The first kappa shape index (κ1) is 14.8. The molecule has 0 aliphatic carbocycles. The van der Waals surface area contributed by atoms with Crippen molar-refractivity contribution in [1.82, 2.24) is 14.3 Å². The predicted molar refractivity (Wildman–Crippen MR) is 88.4 cm³/mol. The second-order valence-corrected chi connectivity index (χ2v) is 7.66. The SMILES string of the molecule is CSc1nsc(NC(=O)N2CCCC2c2ccc(C)s2)n1. The number of thioether (sulfide) groups is 1. The normalized spacial score (nSPS) is 18.2. The molecule has 2 aromatic heterocycles. The topological polar surface area (TPSA) is 58.1 Å². The van der Waals surface area contributed by atoms with E-state index in [1.54, 1.807) is 11.3 Å². The molecular formula is C13H16N4OS3. The summed E-state index contributed by atoms with van der Waals surface area (Å²) < 4.78 is 4.16. The molecule has 1 saturated heterocycles. The first-order valence-corrected chi connectivity index (χ1v) is 9.50. The van der Waals surface area contributed by atoms with Gasteiger partial charge in [0.05, 0.1) is 6.04 Å². The minimum absolute atomic E-state index is 0.0765. The fraction of sp³-hybridized carbons (Fsp3) is 0.462. The Kier molecular flexibility index (Phi) is 4.46. The molecule has 0 saturated carbocycles. The zero-order valence-corrected chi connectivity index (χ0v) is 14.3. The largest absolute Gasteiger partial charge is 0.324 e. The molecule has 0 spiro atoms. The summed E-state index contributed by atoms with van der Waals surface area (Å²) in [6, 6.07) is 4.36. The summed E-state index contributed by atoms with van der Waals surface area (Å²) in [5.74, 6) is 0. The number of aryl methyl sites for hydroxylation is 1. The smallest absolute Gasteiger partial charge is 0.317 e. The summed E-state index contributed by atoms with van der Waals surface area (Å²) >= 11 is 4.47. The van der Waals surface area contributed by atoms with Crippen LogP contribution in [-0.4, -0.2) is 33.1 Å². The van der Waals surface area contributed by atoms with Crippen molar-refractivity contribution in [1.29, 1.82) is 0 Å². The van der Waals surface area contributed by atoms with Crippen LogP contribution in [-0.2, 0) is 0 Å². The lowest BCUT2D eigenvalue weighted by Crippen LogP contribution is -2.34. The number of hydrogen-bond donors (Lipinski definition) is 1. The van der Waals surface area contributed by atoms with Gasteiger partial charge >= 0.3 is 6.03 Å². The molecule has 1 aliphatic heterocycles. The van der Waals surface area contributed by atoms with Gasteiger partial charge in [0.1, 0.15) is 0 Å². The first-order valence-electron chi connectivity index (χ1n) is 6.69. The summed E-state index contributed by atoms with van der Waals surface area (Å²) in [5.41, 5.74) is 0. The number of carbonyl (C=O) groups excluding carboxylic acids is 1. The molecule has 2 amide bonds. The molecule has 0 radical (unpaired) electrons. The van der Waals surface area contributed by atoms with Crippen molar-refractivity contribution in [3.05, 3.63) is 21.9 Å². The third kappa shape index (κ3) is 3.22. The van der Waals surface area contributed by atoms with Gasteiger partial charge in [-0.3, -0.25) is 5.32 Å². The Hall–Kier alpha value is -1.12. The van der Waals surface area contributed by atoms with Crippen LogP contribution in [0.1, 0.15) is 28.6 Å². The van der Waals surface area contributed by atoms with Crippen molar-refractivity contribution in [2.45, 2.75) is 31.0 Å². The predicted octanol–water partition coefficient (Wildman–Crippen LogP) is 4.00. The van der Waals surface area contributed by atoms with E-state index in [1.165, 1.54) is 33.0 Å². The van der Waals surface area contributed by atoms with Crippen LogP contribution in [0.2, 0.25) is 0 Å². The highest BCUT2D eigenvalue weighted by molar-refractivity contribution is 7.98. The molecule has 0 bridgehead atoms. The van der Waals surface area contributed by atoms with E-state index in [2.05, 4.69) is 33.7 Å². The zero-order valence-electron chi connectivity index (χ0n) is 11.8. The summed E-state index contributed by atoms with van der Waals surface area (Å²) in [5, 5.41) is 4.13. The first-order chi connectivity index (χ1) is 10.2. The molecule has 21 heavy (non-hydrogen) atoms. The van der Waals surface area contributed by atoms with Crippen LogP contribution in [0.4, 0.5) is 9.93 Å². The van der Waals surface area contributed by atoms with Crippen molar-refractivity contribution in [3.63, 3.8) is 0 Å². The van der Waals surface area contributed by atoms with E-state index in [0.29, 0.717) is 10.3 Å². The standard InChI is InChI=1S/C13H16N4OS3/c1-8-5-6-10(20-8)9-4-3-7-17(9)13(18)15-11-14-12(19-2)16-21-11/h5-6,9H,3-4,7H2,1-2H3,(H,14,15,16,18). The lowest BCUT2D eigenvalue weighted by molar-refractivity contribution is 0.208. The molecule has 1 aliphatic rings. The highest BCUT2D eigenvalue weighted by atomic mass is 32.2. The van der Waals surface area contributed by atoms with Gasteiger partial charge in [-0.05, 0) is 38.2 Å². The lowest BCUT2D eigenvalue weighted by atomic mass is 10.2. The molecule has 3 rings (SSSR count). The minimum Gasteiger partial charge on any atom is -0.317 e. The quantitative estimate of drug-likeness (QED) is 0.858. The molecule has 1 N–H and O–H groups in total. The number of aromatic nitrogens is 2. The van der Waals surface area contributed by atoms with E-state index in [4.69, 9.17) is 0 Å². The second kappa shape index (κ2) is 6.33. The highest BCUT2D eigenvalue weighted by Crippen LogP contribution is 2.36. The van der Waals surface area contributed by atoms with Crippen molar-refractivity contribution in [2.24, 2.45) is 0 Å². The number of thiophene rings is 1. The third-order valence-corrected chi connectivity index (χ3v) is 5.80. The van der Waals surface area contributed by atoms with Crippen LogP contribution in [0.15, 0.2) is 17.3 Å². The molecule has 3 heterocycles. The number of nitrogens with one attached hydrogen (secondary N) is 1. The molecule has 2 aromatic rings. The van der Waals surface area contributed by atoms with Gasteiger partial charge in [-0.1, -0.05) is 11.8 Å². The summed E-state index contributed by atoms with van der Waals surface area (Å²) in [6.45, 7) is 2.89. The molecule has 1 unspecified atom stereocenters. The second-order valence-electron chi connectivity index (χ2n) is 4.82. The summed E-state index contributed by atoms with van der Waals surface area (Å²) in [7, 11) is 0.